The predicted molar refractivity (Wildman–Crippen MR) is 212 cm³/mol. The summed E-state index contributed by atoms with van der Waals surface area (Å²) >= 11 is 0. The maximum atomic E-state index is 13.9. The van der Waals surface area contributed by atoms with E-state index in [9.17, 15) is 9.59 Å². The van der Waals surface area contributed by atoms with Gasteiger partial charge in [0.2, 0.25) is 17.7 Å². The van der Waals surface area contributed by atoms with E-state index in [1.807, 2.05) is 139 Å². The molecule has 0 saturated carbocycles. The molecule has 5 heterocycles. The van der Waals surface area contributed by atoms with Gasteiger partial charge in [-0.1, -0.05) is 84.9 Å². The summed E-state index contributed by atoms with van der Waals surface area (Å²) in [6, 6.07) is 26.9. The SMILES string of the molecule is CN(C)[C@@H](C(=O)N1CCC[C@H]1C1=NCC(c2ncc(-c3ccc(-c4cnc([C@@H]5CCCN5C(=O)[C@@H](c5ccccc5)N(C)C)[nH]4)cc3)o2)N1)c1ccccc1. The van der Waals surface area contributed by atoms with Gasteiger partial charge in [0.25, 0.3) is 0 Å². The number of amides is 2. The summed E-state index contributed by atoms with van der Waals surface area (Å²) in [6.45, 7) is 1.91. The molecule has 0 aliphatic carbocycles. The molecule has 55 heavy (non-hydrogen) atoms. The molecule has 3 aliphatic heterocycles. The first-order chi connectivity index (χ1) is 26.8. The van der Waals surface area contributed by atoms with E-state index in [0.717, 1.165) is 65.3 Å². The second-order valence-corrected chi connectivity index (χ2v) is 15.2. The van der Waals surface area contributed by atoms with Gasteiger partial charge in [-0.15, -0.1) is 0 Å². The molecule has 2 N–H and O–H groups in total. The molecule has 8 rings (SSSR count). The third-order valence-electron chi connectivity index (χ3n) is 11.1. The number of hydrogen-bond donors (Lipinski definition) is 2. The van der Waals surface area contributed by atoms with E-state index in [1.54, 1.807) is 6.20 Å². The molecular weight excluding hydrogens is 691 g/mol. The smallest absolute Gasteiger partial charge is 0.245 e. The highest BCUT2D eigenvalue weighted by atomic mass is 16.4. The molecule has 12 heteroatoms. The highest BCUT2D eigenvalue weighted by Crippen LogP contribution is 2.36. The van der Waals surface area contributed by atoms with Crippen molar-refractivity contribution in [1.29, 1.82) is 0 Å². The van der Waals surface area contributed by atoms with Crippen molar-refractivity contribution in [1.82, 2.24) is 39.9 Å². The van der Waals surface area contributed by atoms with Crippen molar-refractivity contribution in [3.8, 4) is 22.6 Å². The summed E-state index contributed by atoms with van der Waals surface area (Å²) in [6.07, 6.45) is 7.20. The lowest BCUT2D eigenvalue weighted by Gasteiger charge is -2.32. The van der Waals surface area contributed by atoms with Gasteiger partial charge in [-0.2, -0.15) is 0 Å². The number of H-pyrrole nitrogens is 1. The summed E-state index contributed by atoms with van der Waals surface area (Å²) in [5.41, 5.74) is 4.77. The van der Waals surface area contributed by atoms with Gasteiger partial charge in [0.15, 0.2) is 5.76 Å². The van der Waals surface area contributed by atoms with E-state index < -0.39 is 0 Å². The monoisotopic (exact) mass is 739 g/mol. The highest BCUT2D eigenvalue weighted by Gasteiger charge is 2.40. The fourth-order valence-corrected chi connectivity index (χ4v) is 8.39. The Balaban J connectivity index is 0.909. The Morgan fingerprint density at radius 2 is 1.29 bits per heavy atom. The van der Waals surface area contributed by atoms with Crippen molar-refractivity contribution in [3.05, 3.63) is 120 Å². The van der Waals surface area contributed by atoms with Crippen molar-refractivity contribution >= 4 is 17.6 Å². The number of aromatic amines is 1. The van der Waals surface area contributed by atoms with Crippen molar-refractivity contribution < 1.29 is 14.0 Å². The first kappa shape index (κ1) is 36.4. The zero-order chi connectivity index (χ0) is 38.1. The molecule has 284 valence electrons. The number of nitrogens with zero attached hydrogens (tertiary/aromatic N) is 7. The summed E-state index contributed by atoms with van der Waals surface area (Å²) in [5.74, 6) is 3.05. The molecule has 1 unspecified atom stereocenters. The van der Waals surface area contributed by atoms with E-state index in [1.165, 1.54) is 0 Å². The maximum absolute atomic E-state index is 13.9. The van der Waals surface area contributed by atoms with Gasteiger partial charge >= 0.3 is 0 Å². The number of oxazole rings is 1. The zero-order valence-electron chi connectivity index (χ0n) is 31.9. The lowest BCUT2D eigenvalue weighted by Crippen LogP contribution is -2.48. The van der Waals surface area contributed by atoms with Crippen molar-refractivity contribution in [2.24, 2.45) is 4.99 Å². The van der Waals surface area contributed by atoms with Crippen LogP contribution in [0.5, 0.6) is 0 Å². The van der Waals surface area contributed by atoms with E-state index >= 15 is 0 Å². The van der Waals surface area contributed by atoms with Crippen LogP contribution in [-0.4, -0.2) is 106 Å². The normalized spacial score (nSPS) is 20.9. The minimum atomic E-state index is -0.356. The second-order valence-electron chi connectivity index (χ2n) is 15.2. The molecule has 2 aromatic heterocycles. The molecule has 0 spiro atoms. The molecule has 0 bridgehead atoms. The number of benzene rings is 3. The molecule has 2 fully saturated rings. The van der Waals surface area contributed by atoms with Gasteiger partial charge in [0.1, 0.15) is 29.8 Å². The molecule has 3 aliphatic rings. The third kappa shape index (κ3) is 7.31. The Morgan fingerprint density at radius 1 is 0.727 bits per heavy atom. The number of likely N-dealkylation sites (N-methyl/N-ethyl adjacent to an activating group) is 2. The molecule has 12 nitrogen and oxygen atoms in total. The van der Waals surface area contributed by atoms with E-state index in [-0.39, 0.29) is 42.0 Å². The molecule has 5 atom stereocenters. The zero-order valence-corrected chi connectivity index (χ0v) is 31.9. The fraction of sp³-hybridized carbons (Fsp3) is 0.372. The molecule has 5 aromatic rings. The van der Waals surface area contributed by atoms with Crippen LogP contribution in [0.1, 0.15) is 72.7 Å². The number of aromatic nitrogens is 3. The number of likely N-dealkylation sites (tertiary alicyclic amines) is 2. The summed E-state index contributed by atoms with van der Waals surface area (Å²) in [4.78, 5) is 53.5. The lowest BCUT2D eigenvalue weighted by molar-refractivity contribution is -0.137. The van der Waals surface area contributed by atoms with Crippen molar-refractivity contribution in [2.75, 3.05) is 47.8 Å². The number of nitrogens with one attached hydrogen (secondary N) is 2. The Kier molecular flexibility index (Phi) is 10.3. The Morgan fingerprint density at radius 3 is 1.89 bits per heavy atom. The van der Waals surface area contributed by atoms with Crippen molar-refractivity contribution in [3.63, 3.8) is 0 Å². The summed E-state index contributed by atoms with van der Waals surface area (Å²) < 4.78 is 6.29. The van der Waals surface area contributed by atoms with Crippen LogP contribution in [-0.2, 0) is 9.59 Å². The molecule has 0 radical (unpaired) electrons. The van der Waals surface area contributed by atoms with Gasteiger partial charge in [0, 0.05) is 18.7 Å². The van der Waals surface area contributed by atoms with Crippen LogP contribution in [0.25, 0.3) is 22.6 Å². The first-order valence-electron chi connectivity index (χ1n) is 19.2. The minimum absolute atomic E-state index is 0.0902. The Hall–Kier alpha value is -5.59. The number of carbonyl (C=O) groups excluding carboxylic acids is 2. The van der Waals surface area contributed by atoms with Gasteiger partial charge in [0.05, 0.1) is 36.7 Å². The van der Waals surface area contributed by atoms with Crippen LogP contribution < -0.4 is 5.32 Å². The van der Waals surface area contributed by atoms with Gasteiger partial charge < -0.3 is 24.5 Å². The Bertz CT molecular complexity index is 2130. The number of aliphatic imine (C=N–C) groups is 1. The molecule has 2 saturated heterocycles. The van der Waals surface area contributed by atoms with Gasteiger partial charge in [-0.25, -0.2) is 9.97 Å². The number of carbonyl (C=O) groups is 2. The standard InChI is InChI=1S/C43H49N9O3/c1-49(2)37(30-13-7-5-8-14-30)42(53)51-23-11-17-34(51)39-44-25-32(47-39)28-19-21-29(22-20-28)36-27-46-41(55-36)33-26-45-40(48-33)35-18-12-24-52(35)43(54)38(50(3)4)31-15-9-6-10-16-31/h5-10,13-16,19-22,25,27,33-35,37-38H,11-12,17-18,23-24,26H2,1-4H3,(H,44,47)(H,45,48)/t33?,34-,35-,37+,38+/m0/s1. The number of rotatable bonds is 11. The Labute approximate surface area is 322 Å². The largest absolute Gasteiger partial charge is 0.438 e. The summed E-state index contributed by atoms with van der Waals surface area (Å²) in [5, 5.41) is 3.54. The topological polar surface area (TPSA) is 126 Å². The second kappa shape index (κ2) is 15.6. The van der Waals surface area contributed by atoms with Crippen molar-refractivity contribution in [2.45, 2.75) is 55.9 Å². The number of hydrogen-bond acceptors (Lipinski definition) is 9. The van der Waals surface area contributed by atoms with Crippen LogP contribution in [0, 0.1) is 0 Å². The van der Waals surface area contributed by atoms with Crippen LogP contribution in [0.4, 0.5) is 0 Å². The predicted octanol–water partition coefficient (Wildman–Crippen LogP) is 6.03. The molecule has 3 aromatic carbocycles. The average molecular weight is 740 g/mol. The first-order valence-corrected chi connectivity index (χ1v) is 19.2. The lowest BCUT2D eigenvalue weighted by atomic mass is 10.0. The van der Waals surface area contributed by atoms with E-state index in [4.69, 9.17) is 14.4 Å². The number of amidine groups is 1. The summed E-state index contributed by atoms with van der Waals surface area (Å²) in [7, 11) is 7.80. The molecule has 2 amide bonds. The fourth-order valence-electron chi connectivity index (χ4n) is 8.39. The van der Waals surface area contributed by atoms with E-state index in [2.05, 4.69) is 15.3 Å². The van der Waals surface area contributed by atoms with Crippen LogP contribution in [0.3, 0.4) is 0 Å². The number of imidazole rings is 1. The average Bonchev–Trinajstić information content (AvgIpc) is 4.04. The third-order valence-corrected chi connectivity index (χ3v) is 11.1. The quantitative estimate of drug-likeness (QED) is 0.168. The van der Waals surface area contributed by atoms with Crippen LogP contribution >= 0.6 is 0 Å². The van der Waals surface area contributed by atoms with Gasteiger partial charge in [-0.05, 0) is 70.6 Å². The minimum Gasteiger partial charge on any atom is -0.438 e. The highest BCUT2D eigenvalue weighted by molar-refractivity contribution is 5.95. The van der Waals surface area contributed by atoms with Crippen LogP contribution in [0.2, 0.25) is 0 Å². The van der Waals surface area contributed by atoms with Gasteiger partial charge in [-0.3, -0.25) is 24.4 Å². The van der Waals surface area contributed by atoms with E-state index in [0.29, 0.717) is 31.3 Å². The van der Waals surface area contributed by atoms with Crippen LogP contribution in [0.15, 0.2) is 107 Å². The molecular formula is C43H49N9O3. The maximum Gasteiger partial charge on any atom is 0.245 e.